The van der Waals surface area contributed by atoms with Crippen LogP contribution in [-0.4, -0.2) is 0 Å². The standard InChI is InChI=1S/C11H15N/c1-3-11(12)9(2)10-7-5-4-6-8-10/h4-8H,3,12H2,1-2H3. The SMILES string of the molecule is CCC(N)=C(C)c1ccccc1. The van der Waals surface area contributed by atoms with Gasteiger partial charge < -0.3 is 5.73 Å². The molecule has 0 heterocycles. The van der Waals surface area contributed by atoms with Crippen LogP contribution in [0.2, 0.25) is 0 Å². The molecule has 0 spiro atoms. The van der Waals surface area contributed by atoms with E-state index in [9.17, 15) is 0 Å². The van der Waals surface area contributed by atoms with Crippen molar-refractivity contribution in [3.63, 3.8) is 0 Å². The van der Waals surface area contributed by atoms with Crippen LogP contribution in [-0.2, 0) is 0 Å². The van der Waals surface area contributed by atoms with E-state index < -0.39 is 0 Å². The minimum Gasteiger partial charge on any atom is -0.402 e. The molecule has 0 saturated carbocycles. The molecule has 0 bridgehead atoms. The van der Waals surface area contributed by atoms with Gasteiger partial charge in [0.25, 0.3) is 0 Å². The van der Waals surface area contributed by atoms with E-state index in [1.165, 1.54) is 11.1 Å². The lowest BCUT2D eigenvalue weighted by molar-refractivity contribution is 1.07. The second-order valence-corrected chi connectivity index (χ2v) is 2.87. The Hall–Kier alpha value is -1.24. The molecule has 0 saturated heterocycles. The first kappa shape index (κ1) is 8.85. The Labute approximate surface area is 73.9 Å². The molecule has 1 rings (SSSR count). The summed E-state index contributed by atoms with van der Waals surface area (Å²) in [5.41, 5.74) is 9.21. The van der Waals surface area contributed by atoms with Crippen LogP contribution >= 0.6 is 0 Å². The minimum absolute atomic E-state index is 0.917. The Morgan fingerprint density at radius 1 is 1.25 bits per heavy atom. The van der Waals surface area contributed by atoms with Gasteiger partial charge in [0, 0.05) is 5.70 Å². The quantitative estimate of drug-likeness (QED) is 0.709. The highest BCUT2D eigenvalue weighted by Crippen LogP contribution is 2.16. The molecule has 1 nitrogen and oxygen atoms in total. The molecular weight excluding hydrogens is 146 g/mol. The maximum absolute atomic E-state index is 5.83. The zero-order valence-corrected chi connectivity index (χ0v) is 7.67. The monoisotopic (exact) mass is 161 g/mol. The molecule has 0 aliphatic rings. The predicted octanol–water partition coefficient (Wildman–Crippen LogP) is 2.79. The van der Waals surface area contributed by atoms with Crippen molar-refractivity contribution >= 4 is 5.57 Å². The largest absolute Gasteiger partial charge is 0.402 e. The Morgan fingerprint density at radius 3 is 2.33 bits per heavy atom. The van der Waals surface area contributed by atoms with Crippen molar-refractivity contribution in [3.05, 3.63) is 41.6 Å². The lowest BCUT2D eigenvalue weighted by Crippen LogP contribution is -1.98. The first-order valence-corrected chi connectivity index (χ1v) is 4.26. The summed E-state index contributed by atoms with van der Waals surface area (Å²) in [5.74, 6) is 0. The maximum atomic E-state index is 5.83. The molecule has 2 N–H and O–H groups in total. The summed E-state index contributed by atoms with van der Waals surface area (Å²) in [4.78, 5) is 0. The van der Waals surface area contributed by atoms with E-state index in [1.54, 1.807) is 0 Å². The summed E-state index contributed by atoms with van der Waals surface area (Å²) in [6.45, 7) is 4.13. The van der Waals surface area contributed by atoms with E-state index in [0.29, 0.717) is 0 Å². The number of benzene rings is 1. The predicted molar refractivity (Wildman–Crippen MR) is 53.5 cm³/mol. The molecule has 12 heavy (non-hydrogen) atoms. The van der Waals surface area contributed by atoms with Gasteiger partial charge in [0.2, 0.25) is 0 Å². The average Bonchev–Trinajstić information content (AvgIpc) is 2.17. The molecule has 0 fully saturated rings. The molecule has 0 amide bonds. The van der Waals surface area contributed by atoms with Gasteiger partial charge in [-0.3, -0.25) is 0 Å². The third kappa shape index (κ3) is 1.88. The normalized spacial score (nSPS) is 12.5. The van der Waals surface area contributed by atoms with Crippen molar-refractivity contribution in [1.29, 1.82) is 0 Å². The van der Waals surface area contributed by atoms with Gasteiger partial charge in [-0.05, 0) is 24.5 Å². The van der Waals surface area contributed by atoms with Crippen LogP contribution in [0.1, 0.15) is 25.8 Å². The van der Waals surface area contributed by atoms with Crippen molar-refractivity contribution in [2.24, 2.45) is 5.73 Å². The van der Waals surface area contributed by atoms with Crippen LogP contribution < -0.4 is 5.73 Å². The summed E-state index contributed by atoms with van der Waals surface area (Å²) < 4.78 is 0. The summed E-state index contributed by atoms with van der Waals surface area (Å²) in [6, 6.07) is 10.2. The van der Waals surface area contributed by atoms with E-state index in [4.69, 9.17) is 5.73 Å². The smallest absolute Gasteiger partial charge is 0.0113 e. The highest BCUT2D eigenvalue weighted by molar-refractivity contribution is 5.65. The summed E-state index contributed by atoms with van der Waals surface area (Å²) in [5, 5.41) is 0. The second kappa shape index (κ2) is 3.96. The van der Waals surface area contributed by atoms with Gasteiger partial charge in [-0.2, -0.15) is 0 Å². The lowest BCUT2D eigenvalue weighted by atomic mass is 10.0. The van der Waals surface area contributed by atoms with Crippen molar-refractivity contribution in [1.82, 2.24) is 0 Å². The van der Waals surface area contributed by atoms with Crippen molar-refractivity contribution < 1.29 is 0 Å². The van der Waals surface area contributed by atoms with Gasteiger partial charge in [0.1, 0.15) is 0 Å². The van der Waals surface area contributed by atoms with E-state index in [-0.39, 0.29) is 0 Å². The summed E-state index contributed by atoms with van der Waals surface area (Å²) >= 11 is 0. The van der Waals surface area contributed by atoms with Gasteiger partial charge >= 0.3 is 0 Å². The summed E-state index contributed by atoms with van der Waals surface area (Å²) in [6.07, 6.45) is 0.917. The van der Waals surface area contributed by atoms with Crippen LogP contribution in [0.25, 0.3) is 5.57 Å². The van der Waals surface area contributed by atoms with E-state index >= 15 is 0 Å². The molecule has 0 aliphatic carbocycles. The first-order valence-electron chi connectivity index (χ1n) is 4.26. The molecule has 0 aromatic heterocycles. The van der Waals surface area contributed by atoms with Gasteiger partial charge in [-0.1, -0.05) is 37.3 Å². The first-order chi connectivity index (χ1) is 5.75. The zero-order valence-electron chi connectivity index (χ0n) is 7.67. The Bertz CT molecular complexity index is 272. The fraction of sp³-hybridized carbons (Fsp3) is 0.273. The van der Waals surface area contributed by atoms with E-state index in [1.807, 2.05) is 18.2 Å². The van der Waals surface area contributed by atoms with Crippen molar-refractivity contribution in [3.8, 4) is 0 Å². The lowest BCUT2D eigenvalue weighted by Gasteiger charge is -2.04. The summed E-state index contributed by atoms with van der Waals surface area (Å²) in [7, 11) is 0. The fourth-order valence-electron chi connectivity index (χ4n) is 1.14. The number of hydrogen-bond acceptors (Lipinski definition) is 1. The molecule has 1 heteroatoms. The van der Waals surface area contributed by atoms with Gasteiger partial charge in [0.05, 0.1) is 0 Å². The zero-order chi connectivity index (χ0) is 8.97. The molecule has 0 unspecified atom stereocenters. The van der Waals surface area contributed by atoms with Gasteiger partial charge in [0.15, 0.2) is 0 Å². The molecule has 1 aromatic carbocycles. The molecule has 0 atom stereocenters. The molecule has 0 radical (unpaired) electrons. The number of allylic oxidation sites excluding steroid dienone is 2. The Morgan fingerprint density at radius 2 is 1.83 bits per heavy atom. The number of rotatable bonds is 2. The highest BCUT2D eigenvalue weighted by Gasteiger charge is 1.97. The molecule has 1 aromatic rings. The van der Waals surface area contributed by atoms with Gasteiger partial charge in [-0.25, -0.2) is 0 Å². The van der Waals surface area contributed by atoms with Crippen LogP contribution in [0, 0.1) is 0 Å². The third-order valence-corrected chi connectivity index (χ3v) is 2.07. The Balaban J connectivity index is 3.00. The van der Waals surface area contributed by atoms with Crippen LogP contribution in [0.4, 0.5) is 0 Å². The fourth-order valence-corrected chi connectivity index (χ4v) is 1.14. The number of nitrogens with two attached hydrogens (primary N) is 1. The Kier molecular flexibility index (Phi) is 2.92. The number of hydrogen-bond donors (Lipinski definition) is 1. The second-order valence-electron chi connectivity index (χ2n) is 2.87. The highest BCUT2D eigenvalue weighted by atomic mass is 14.6. The van der Waals surface area contributed by atoms with Crippen LogP contribution in [0.15, 0.2) is 36.0 Å². The average molecular weight is 161 g/mol. The molecule has 0 aliphatic heterocycles. The van der Waals surface area contributed by atoms with E-state index in [2.05, 4.69) is 26.0 Å². The van der Waals surface area contributed by atoms with Crippen molar-refractivity contribution in [2.45, 2.75) is 20.3 Å². The maximum Gasteiger partial charge on any atom is 0.0113 e. The molecule has 64 valence electrons. The van der Waals surface area contributed by atoms with Crippen LogP contribution in [0.5, 0.6) is 0 Å². The topological polar surface area (TPSA) is 26.0 Å². The molecular formula is C11H15N. The van der Waals surface area contributed by atoms with Crippen molar-refractivity contribution in [2.75, 3.05) is 0 Å². The van der Waals surface area contributed by atoms with E-state index in [0.717, 1.165) is 12.1 Å². The third-order valence-electron chi connectivity index (χ3n) is 2.07. The minimum atomic E-state index is 0.917. The van der Waals surface area contributed by atoms with Crippen LogP contribution in [0.3, 0.4) is 0 Å². The van der Waals surface area contributed by atoms with Gasteiger partial charge in [-0.15, -0.1) is 0 Å².